The molecule has 2 aromatic carbocycles. The zero-order valence-corrected chi connectivity index (χ0v) is 15.1. The van der Waals surface area contributed by atoms with Gasteiger partial charge in [0, 0.05) is 18.2 Å². The largest absolute Gasteiger partial charge is 0.268 e. The molecule has 0 radical (unpaired) electrons. The third kappa shape index (κ3) is 4.25. The molecule has 0 fully saturated rings. The first-order valence-electron chi connectivity index (χ1n) is 8.16. The molecule has 1 aromatic heterocycles. The second-order valence-electron chi connectivity index (χ2n) is 5.86. The predicted molar refractivity (Wildman–Crippen MR) is 100 cm³/mol. The second-order valence-corrected chi connectivity index (χ2v) is 7.63. The number of hydrogen-bond donors (Lipinski definition) is 1. The van der Waals surface area contributed by atoms with Gasteiger partial charge in [0.1, 0.15) is 0 Å². The molecule has 3 aromatic rings. The topological polar surface area (TPSA) is 81.1 Å². The van der Waals surface area contributed by atoms with Crippen molar-refractivity contribution in [3.05, 3.63) is 82.6 Å². The molecular formula is C19H19N3O3S. The molecule has 6 nitrogen and oxygen atoms in total. The molecule has 0 aliphatic heterocycles. The van der Waals surface area contributed by atoms with Gasteiger partial charge in [-0.3, -0.25) is 4.79 Å². The van der Waals surface area contributed by atoms with E-state index in [1.807, 2.05) is 43.3 Å². The third-order valence-electron chi connectivity index (χ3n) is 3.85. The summed E-state index contributed by atoms with van der Waals surface area (Å²) in [5.74, 6) is 0. The monoisotopic (exact) mass is 369 g/mol. The van der Waals surface area contributed by atoms with E-state index in [2.05, 4.69) is 9.82 Å². The molecular weight excluding hydrogens is 350 g/mol. The van der Waals surface area contributed by atoms with Gasteiger partial charge in [0.05, 0.1) is 17.1 Å². The zero-order valence-electron chi connectivity index (χ0n) is 14.3. The summed E-state index contributed by atoms with van der Waals surface area (Å²) in [6.07, 6.45) is 0. The van der Waals surface area contributed by atoms with Crippen LogP contribution in [0.15, 0.2) is 76.4 Å². The van der Waals surface area contributed by atoms with Gasteiger partial charge in [0.25, 0.3) is 5.56 Å². The van der Waals surface area contributed by atoms with E-state index in [1.165, 1.54) is 16.8 Å². The van der Waals surface area contributed by atoms with Gasteiger partial charge in [-0.2, -0.15) is 5.10 Å². The van der Waals surface area contributed by atoms with Crippen molar-refractivity contribution < 1.29 is 8.42 Å². The van der Waals surface area contributed by atoms with Crippen LogP contribution in [-0.2, 0) is 16.6 Å². The molecule has 0 amide bonds. The Bertz CT molecular complexity index is 1060. The first-order valence-corrected chi connectivity index (χ1v) is 9.64. The summed E-state index contributed by atoms with van der Waals surface area (Å²) < 4.78 is 28.4. The summed E-state index contributed by atoms with van der Waals surface area (Å²) in [5.41, 5.74) is 2.13. The fourth-order valence-corrected chi connectivity index (χ4v) is 3.65. The predicted octanol–water partition coefficient (Wildman–Crippen LogP) is 2.20. The van der Waals surface area contributed by atoms with Crippen molar-refractivity contribution in [3.63, 3.8) is 0 Å². The number of hydrogen-bond acceptors (Lipinski definition) is 4. The van der Waals surface area contributed by atoms with Crippen LogP contribution in [0.2, 0.25) is 0 Å². The second kappa shape index (κ2) is 7.63. The summed E-state index contributed by atoms with van der Waals surface area (Å²) in [5, 5.41) is 4.32. The van der Waals surface area contributed by atoms with Crippen molar-refractivity contribution in [2.24, 2.45) is 0 Å². The van der Waals surface area contributed by atoms with Crippen LogP contribution in [0.5, 0.6) is 0 Å². The van der Waals surface area contributed by atoms with E-state index in [1.54, 1.807) is 18.2 Å². The number of nitrogens with one attached hydrogen (secondary N) is 1. The normalized spacial score (nSPS) is 11.4. The number of aryl methyl sites for hydroxylation is 1. The van der Waals surface area contributed by atoms with Gasteiger partial charge < -0.3 is 0 Å². The van der Waals surface area contributed by atoms with Gasteiger partial charge in [0.2, 0.25) is 10.0 Å². The van der Waals surface area contributed by atoms with Crippen LogP contribution in [0.25, 0.3) is 11.3 Å². The lowest BCUT2D eigenvalue weighted by Crippen LogP contribution is -2.32. The Morgan fingerprint density at radius 3 is 2.50 bits per heavy atom. The average Bonchev–Trinajstić information content (AvgIpc) is 2.64. The van der Waals surface area contributed by atoms with E-state index in [4.69, 9.17) is 0 Å². The van der Waals surface area contributed by atoms with Crippen molar-refractivity contribution in [1.82, 2.24) is 14.5 Å². The van der Waals surface area contributed by atoms with Crippen LogP contribution in [0.4, 0.5) is 0 Å². The molecule has 1 heterocycles. The number of benzene rings is 2. The molecule has 0 saturated carbocycles. The molecule has 1 N–H and O–H groups in total. The van der Waals surface area contributed by atoms with Crippen molar-refractivity contribution in [2.75, 3.05) is 6.54 Å². The highest BCUT2D eigenvalue weighted by molar-refractivity contribution is 7.89. The van der Waals surface area contributed by atoms with Crippen LogP contribution in [-0.4, -0.2) is 24.7 Å². The molecule has 0 bridgehead atoms. The highest BCUT2D eigenvalue weighted by Crippen LogP contribution is 2.14. The van der Waals surface area contributed by atoms with E-state index in [0.717, 1.165) is 11.1 Å². The summed E-state index contributed by atoms with van der Waals surface area (Å²) >= 11 is 0. The SMILES string of the molecule is Cc1cccc(S(=O)(=O)NCCn2nc(-c3ccccc3)ccc2=O)c1. The van der Waals surface area contributed by atoms with Crippen molar-refractivity contribution >= 4 is 10.0 Å². The first kappa shape index (κ1) is 18.0. The van der Waals surface area contributed by atoms with Crippen LogP contribution >= 0.6 is 0 Å². The lowest BCUT2D eigenvalue weighted by atomic mass is 10.1. The Morgan fingerprint density at radius 1 is 1.00 bits per heavy atom. The van der Waals surface area contributed by atoms with Crippen molar-refractivity contribution in [3.8, 4) is 11.3 Å². The van der Waals surface area contributed by atoms with Gasteiger partial charge in [0.15, 0.2) is 0 Å². The van der Waals surface area contributed by atoms with Gasteiger partial charge in [-0.1, -0.05) is 42.5 Å². The maximum atomic E-state index is 12.3. The van der Waals surface area contributed by atoms with Crippen LogP contribution < -0.4 is 10.3 Å². The minimum Gasteiger partial charge on any atom is -0.268 e. The van der Waals surface area contributed by atoms with E-state index >= 15 is 0 Å². The Balaban J connectivity index is 1.73. The Labute approximate surface area is 152 Å². The van der Waals surface area contributed by atoms with Crippen LogP contribution in [0, 0.1) is 6.92 Å². The molecule has 0 unspecified atom stereocenters. The van der Waals surface area contributed by atoms with Crippen molar-refractivity contribution in [2.45, 2.75) is 18.4 Å². The van der Waals surface area contributed by atoms with Gasteiger partial charge in [-0.25, -0.2) is 17.8 Å². The number of rotatable bonds is 6. The highest BCUT2D eigenvalue weighted by atomic mass is 32.2. The minimum atomic E-state index is -3.62. The van der Waals surface area contributed by atoms with Gasteiger partial charge >= 0.3 is 0 Å². The lowest BCUT2D eigenvalue weighted by molar-refractivity contribution is 0.548. The fourth-order valence-electron chi connectivity index (χ4n) is 2.52. The summed E-state index contributed by atoms with van der Waals surface area (Å²) in [4.78, 5) is 12.2. The van der Waals surface area contributed by atoms with Crippen molar-refractivity contribution in [1.29, 1.82) is 0 Å². The van der Waals surface area contributed by atoms with Crippen LogP contribution in [0.1, 0.15) is 5.56 Å². The molecule has 0 saturated heterocycles. The number of nitrogens with zero attached hydrogens (tertiary/aromatic N) is 2. The number of aromatic nitrogens is 2. The maximum Gasteiger partial charge on any atom is 0.266 e. The Morgan fingerprint density at radius 2 is 1.77 bits per heavy atom. The molecule has 26 heavy (non-hydrogen) atoms. The van der Waals surface area contributed by atoms with E-state index in [9.17, 15) is 13.2 Å². The molecule has 0 atom stereocenters. The highest BCUT2D eigenvalue weighted by Gasteiger charge is 2.13. The van der Waals surface area contributed by atoms with Gasteiger partial charge in [-0.15, -0.1) is 0 Å². The summed E-state index contributed by atoms with van der Waals surface area (Å²) in [7, 11) is -3.62. The smallest absolute Gasteiger partial charge is 0.266 e. The maximum absolute atomic E-state index is 12.3. The quantitative estimate of drug-likeness (QED) is 0.722. The average molecular weight is 369 g/mol. The third-order valence-corrected chi connectivity index (χ3v) is 5.31. The fraction of sp³-hybridized carbons (Fsp3) is 0.158. The molecule has 7 heteroatoms. The molecule has 0 aliphatic rings. The Hall–Kier alpha value is -2.77. The van der Waals surface area contributed by atoms with E-state index in [-0.39, 0.29) is 23.5 Å². The zero-order chi connectivity index (χ0) is 18.6. The first-order chi connectivity index (χ1) is 12.5. The van der Waals surface area contributed by atoms with E-state index in [0.29, 0.717) is 5.69 Å². The molecule has 0 aliphatic carbocycles. The minimum absolute atomic E-state index is 0.0709. The summed E-state index contributed by atoms with van der Waals surface area (Å²) in [6.45, 7) is 2.05. The van der Waals surface area contributed by atoms with Gasteiger partial charge in [-0.05, 0) is 30.7 Å². The summed E-state index contributed by atoms with van der Waals surface area (Å²) in [6, 6.07) is 19.2. The molecule has 0 spiro atoms. The molecule has 3 rings (SSSR count). The van der Waals surface area contributed by atoms with Crippen LogP contribution in [0.3, 0.4) is 0 Å². The number of sulfonamides is 1. The van der Waals surface area contributed by atoms with E-state index < -0.39 is 10.0 Å². The standard InChI is InChI=1S/C19H19N3O3S/c1-15-6-5-9-17(14-15)26(24,25)20-12-13-22-19(23)11-10-18(21-22)16-7-3-2-4-8-16/h2-11,14,20H,12-13H2,1H3. The molecule has 134 valence electrons. The lowest BCUT2D eigenvalue weighted by Gasteiger charge is -2.09. The Kier molecular flexibility index (Phi) is 5.29.